The topological polar surface area (TPSA) is 54.5 Å². The van der Waals surface area contributed by atoms with E-state index in [1.807, 2.05) is 50.7 Å². The minimum absolute atomic E-state index is 0.0312. The number of hydrogen-bond donors (Lipinski definition) is 1. The Bertz CT molecular complexity index is 871. The number of nitrogens with one attached hydrogen (secondary N) is 1. The fourth-order valence-corrected chi connectivity index (χ4v) is 3.93. The summed E-state index contributed by atoms with van der Waals surface area (Å²) in [7, 11) is 5.69. The zero-order valence-electron chi connectivity index (χ0n) is 16.2. The van der Waals surface area contributed by atoms with Gasteiger partial charge >= 0.3 is 0 Å². The highest BCUT2D eigenvalue weighted by Crippen LogP contribution is 2.36. The molecule has 2 aromatic rings. The van der Waals surface area contributed by atoms with Crippen LogP contribution in [0.5, 0.6) is 5.75 Å². The number of hydrogen-bond acceptors (Lipinski definition) is 5. The quantitative estimate of drug-likeness (QED) is 0.778. The van der Waals surface area contributed by atoms with E-state index in [4.69, 9.17) is 4.74 Å². The van der Waals surface area contributed by atoms with Crippen molar-refractivity contribution in [3.05, 3.63) is 59.1 Å². The van der Waals surface area contributed by atoms with Gasteiger partial charge in [-0.1, -0.05) is 24.3 Å². The number of carbonyl (C=O) groups excluding carboxylic acids is 1. The van der Waals surface area contributed by atoms with Gasteiger partial charge in [0.05, 0.1) is 12.8 Å². The van der Waals surface area contributed by atoms with Gasteiger partial charge in [0.2, 0.25) is 5.91 Å². The Morgan fingerprint density at radius 2 is 2.00 bits per heavy atom. The average Bonchev–Trinajstić information content (AvgIpc) is 3.23. The molecule has 0 atom stereocenters. The van der Waals surface area contributed by atoms with Gasteiger partial charge in [0.25, 0.3) is 0 Å². The molecule has 1 aromatic heterocycles. The van der Waals surface area contributed by atoms with Gasteiger partial charge in [0.15, 0.2) is 5.13 Å². The van der Waals surface area contributed by atoms with Crippen LogP contribution in [0.1, 0.15) is 17.7 Å². The number of allylic oxidation sites excluding steroid dienone is 4. The van der Waals surface area contributed by atoms with Gasteiger partial charge in [0, 0.05) is 43.1 Å². The fourth-order valence-electron chi connectivity index (χ4n) is 3.22. The number of anilines is 2. The van der Waals surface area contributed by atoms with Crippen LogP contribution in [-0.4, -0.2) is 32.1 Å². The summed E-state index contributed by atoms with van der Waals surface area (Å²) in [5, 5.41) is 5.50. The normalized spacial score (nSPS) is 14.4. The van der Waals surface area contributed by atoms with E-state index in [0.717, 1.165) is 29.1 Å². The largest absolute Gasteiger partial charge is 0.497 e. The SMILES string of the molecule is COc1cc(CC2(CC(=O)Nc3nc(C)cs3)C=CC=C2)cc(N(C)C)c1. The number of aromatic nitrogens is 1. The smallest absolute Gasteiger partial charge is 0.227 e. The summed E-state index contributed by atoms with van der Waals surface area (Å²) < 4.78 is 5.46. The molecule has 6 heteroatoms. The van der Waals surface area contributed by atoms with E-state index in [1.54, 1.807) is 7.11 Å². The van der Waals surface area contributed by atoms with Crippen LogP contribution in [-0.2, 0) is 11.2 Å². The third-order valence-electron chi connectivity index (χ3n) is 4.56. The first-order valence-corrected chi connectivity index (χ1v) is 9.71. The minimum Gasteiger partial charge on any atom is -0.497 e. The standard InChI is InChI=1S/C21H25N3O2S/c1-15-14-27-20(22-15)23-19(25)13-21(7-5-6-8-21)12-16-9-17(24(2)3)11-18(10-16)26-4/h5-11,14H,12-13H2,1-4H3,(H,22,23,25). The van der Waals surface area contributed by atoms with E-state index in [1.165, 1.54) is 11.3 Å². The minimum atomic E-state index is -0.341. The zero-order valence-corrected chi connectivity index (χ0v) is 17.0. The molecule has 1 N–H and O–H groups in total. The summed E-state index contributed by atoms with van der Waals surface area (Å²) in [5.74, 6) is 0.788. The molecule has 1 aliphatic carbocycles. The molecule has 0 radical (unpaired) electrons. The highest BCUT2D eigenvalue weighted by atomic mass is 32.1. The van der Waals surface area contributed by atoms with Crippen LogP contribution in [0.3, 0.4) is 0 Å². The van der Waals surface area contributed by atoms with E-state index in [2.05, 4.69) is 33.4 Å². The molecule has 0 aliphatic heterocycles. The number of nitrogens with zero attached hydrogens (tertiary/aromatic N) is 2. The monoisotopic (exact) mass is 383 g/mol. The number of ether oxygens (including phenoxy) is 1. The lowest BCUT2D eigenvalue weighted by molar-refractivity contribution is -0.117. The molecular formula is C21H25N3O2S. The third-order valence-corrected chi connectivity index (χ3v) is 5.43. The molecule has 1 aromatic carbocycles. The number of amides is 1. The summed E-state index contributed by atoms with van der Waals surface area (Å²) in [6, 6.07) is 6.19. The number of methoxy groups -OCH3 is 1. The Hall–Kier alpha value is -2.60. The Morgan fingerprint density at radius 3 is 2.59 bits per heavy atom. The van der Waals surface area contributed by atoms with Gasteiger partial charge in [-0.3, -0.25) is 4.79 Å². The predicted octanol–water partition coefficient (Wildman–Crippen LogP) is 4.21. The molecule has 0 saturated heterocycles. The number of thiazole rings is 1. The molecule has 1 aliphatic rings. The average molecular weight is 384 g/mol. The third kappa shape index (κ3) is 4.77. The number of carbonyl (C=O) groups is 1. The lowest BCUT2D eigenvalue weighted by Crippen LogP contribution is -2.25. The van der Waals surface area contributed by atoms with Crippen molar-refractivity contribution in [1.29, 1.82) is 0 Å². The first-order chi connectivity index (χ1) is 12.9. The summed E-state index contributed by atoms with van der Waals surface area (Å²) in [4.78, 5) is 19.0. The summed E-state index contributed by atoms with van der Waals surface area (Å²) in [6.45, 7) is 1.92. The lowest BCUT2D eigenvalue weighted by atomic mass is 9.79. The summed E-state index contributed by atoms with van der Waals surface area (Å²) >= 11 is 1.45. The first kappa shape index (κ1) is 19.2. The Kier molecular flexibility index (Phi) is 5.65. The lowest BCUT2D eigenvalue weighted by Gasteiger charge is -2.26. The van der Waals surface area contributed by atoms with Gasteiger partial charge in [-0.2, -0.15) is 0 Å². The van der Waals surface area contributed by atoms with Crippen LogP contribution in [0.15, 0.2) is 47.9 Å². The van der Waals surface area contributed by atoms with Gasteiger partial charge < -0.3 is 15.0 Å². The van der Waals surface area contributed by atoms with Crippen molar-refractivity contribution in [3.8, 4) is 5.75 Å². The molecular weight excluding hydrogens is 358 g/mol. The zero-order chi connectivity index (χ0) is 19.4. The van der Waals surface area contributed by atoms with Crippen LogP contribution in [0.25, 0.3) is 0 Å². The van der Waals surface area contributed by atoms with Crippen molar-refractivity contribution in [2.75, 3.05) is 31.4 Å². The fraction of sp³-hybridized carbons (Fsp3) is 0.333. The predicted molar refractivity (Wildman–Crippen MR) is 112 cm³/mol. The van der Waals surface area contributed by atoms with Crippen LogP contribution < -0.4 is 15.0 Å². The van der Waals surface area contributed by atoms with E-state index in [0.29, 0.717) is 11.6 Å². The van der Waals surface area contributed by atoms with Crippen LogP contribution in [0.2, 0.25) is 0 Å². The van der Waals surface area contributed by atoms with Crippen molar-refractivity contribution in [2.45, 2.75) is 19.8 Å². The molecule has 0 bridgehead atoms. The second kappa shape index (κ2) is 7.96. The van der Waals surface area contributed by atoms with E-state index in [9.17, 15) is 4.79 Å². The molecule has 0 spiro atoms. The van der Waals surface area contributed by atoms with Gasteiger partial charge in [0.1, 0.15) is 5.75 Å². The van der Waals surface area contributed by atoms with Crippen molar-refractivity contribution in [2.24, 2.45) is 5.41 Å². The molecule has 1 amide bonds. The summed E-state index contributed by atoms with van der Waals surface area (Å²) in [5.41, 5.74) is 2.78. The number of rotatable bonds is 7. The molecule has 1 heterocycles. The Labute approximate surface area is 164 Å². The molecule has 0 fully saturated rings. The van der Waals surface area contributed by atoms with E-state index < -0.39 is 0 Å². The maximum Gasteiger partial charge on any atom is 0.227 e. The van der Waals surface area contributed by atoms with Crippen LogP contribution >= 0.6 is 11.3 Å². The van der Waals surface area contributed by atoms with Gasteiger partial charge in [-0.05, 0) is 31.0 Å². The highest BCUT2D eigenvalue weighted by Gasteiger charge is 2.30. The maximum atomic E-state index is 12.6. The van der Waals surface area contributed by atoms with Crippen molar-refractivity contribution >= 4 is 28.1 Å². The van der Waals surface area contributed by atoms with Crippen molar-refractivity contribution in [1.82, 2.24) is 4.98 Å². The maximum absolute atomic E-state index is 12.6. The van der Waals surface area contributed by atoms with E-state index in [-0.39, 0.29) is 11.3 Å². The van der Waals surface area contributed by atoms with Gasteiger partial charge in [-0.15, -0.1) is 11.3 Å². The number of aryl methyl sites for hydroxylation is 1. The molecule has 5 nitrogen and oxygen atoms in total. The second-order valence-corrected chi connectivity index (χ2v) is 7.94. The molecule has 0 unspecified atom stereocenters. The summed E-state index contributed by atoms with van der Waals surface area (Å²) in [6.07, 6.45) is 9.32. The Morgan fingerprint density at radius 1 is 1.26 bits per heavy atom. The van der Waals surface area contributed by atoms with Gasteiger partial charge in [-0.25, -0.2) is 4.98 Å². The Balaban J connectivity index is 1.79. The van der Waals surface area contributed by atoms with Crippen LogP contribution in [0, 0.1) is 12.3 Å². The molecule has 3 rings (SSSR count). The van der Waals surface area contributed by atoms with Crippen molar-refractivity contribution < 1.29 is 9.53 Å². The van der Waals surface area contributed by atoms with Crippen molar-refractivity contribution in [3.63, 3.8) is 0 Å². The second-order valence-electron chi connectivity index (χ2n) is 7.08. The molecule has 27 heavy (non-hydrogen) atoms. The number of benzene rings is 1. The van der Waals surface area contributed by atoms with Crippen LogP contribution in [0.4, 0.5) is 10.8 Å². The molecule has 0 saturated carbocycles. The first-order valence-electron chi connectivity index (χ1n) is 8.83. The highest BCUT2D eigenvalue weighted by molar-refractivity contribution is 7.13. The van der Waals surface area contributed by atoms with E-state index >= 15 is 0 Å². The molecule has 142 valence electrons.